The zero-order valence-corrected chi connectivity index (χ0v) is 12.5. The molecule has 0 aliphatic carbocycles. The standard InChI is InChI=1S/C12H8Br2OS/c1-6-2-9-10(14)3-8-7(4-13)5-16-12(8)11(9)15-6/h2-3,5H,4H2,1H3. The fourth-order valence-electron chi connectivity index (χ4n) is 1.91. The van der Waals surface area contributed by atoms with Gasteiger partial charge in [-0.25, -0.2) is 0 Å². The number of hydrogen-bond acceptors (Lipinski definition) is 2. The first-order valence-electron chi connectivity index (χ1n) is 4.85. The Hall–Kier alpha value is -0.320. The van der Waals surface area contributed by atoms with Gasteiger partial charge in [-0.05, 0) is 30.0 Å². The lowest BCUT2D eigenvalue weighted by Crippen LogP contribution is -1.74. The van der Waals surface area contributed by atoms with Gasteiger partial charge in [-0.3, -0.25) is 0 Å². The summed E-state index contributed by atoms with van der Waals surface area (Å²) in [5.41, 5.74) is 2.32. The first kappa shape index (κ1) is 10.8. The monoisotopic (exact) mass is 358 g/mol. The first-order valence-corrected chi connectivity index (χ1v) is 7.65. The molecule has 0 bridgehead atoms. The summed E-state index contributed by atoms with van der Waals surface area (Å²) in [6, 6.07) is 4.26. The Labute approximate surface area is 114 Å². The van der Waals surface area contributed by atoms with E-state index in [1.54, 1.807) is 11.3 Å². The van der Waals surface area contributed by atoms with Gasteiger partial charge in [0.2, 0.25) is 0 Å². The zero-order chi connectivity index (χ0) is 11.3. The topological polar surface area (TPSA) is 13.1 Å². The Bertz CT molecular complexity index is 681. The van der Waals surface area contributed by atoms with Crippen molar-refractivity contribution in [1.29, 1.82) is 0 Å². The third kappa shape index (κ3) is 1.47. The minimum atomic E-state index is 0.880. The number of furan rings is 1. The van der Waals surface area contributed by atoms with E-state index in [0.29, 0.717) is 0 Å². The molecule has 0 aliphatic rings. The highest BCUT2D eigenvalue weighted by atomic mass is 79.9. The first-order chi connectivity index (χ1) is 7.70. The minimum absolute atomic E-state index is 0.880. The van der Waals surface area contributed by atoms with Gasteiger partial charge in [0.1, 0.15) is 5.76 Å². The Morgan fingerprint density at radius 1 is 1.31 bits per heavy atom. The number of benzene rings is 1. The van der Waals surface area contributed by atoms with Crippen LogP contribution >= 0.6 is 43.2 Å². The van der Waals surface area contributed by atoms with Gasteiger partial charge in [0, 0.05) is 20.6 Å². The Kier molecular flexibility index (Phi) is 2.61. The van der Waals surface area contributed by atoms with Gasteiger partial charge >= 0.3 is 0 Å². The third-order valence-corrected chi connectivity index (χ3v) is 4.95. The average Bonchev–Trinajstić information content (AvgIpc) is 2.81. The van der Waals surface area contributed by atoms with Crippen LogP contribution in [0.3, 0.4) is 0 Å². The highest BCUT2D eigenvalue weighted by molar-refractivity contribution is 9.10. The van der Waals surface area contributed by atoms with E-state index >= 15 is 0 Å². The van der Waals surface area contributed by atoms with E-state index in [1.807, 2.05) is 6.92 Å². The van der Waals surface area contributed by atoms with E-state index in [1.165, 1.54) is 15.6 Å². The number of rotatable bonds is 1. The molecule has 0 unspecified atom stereocenters. The molecule has 0 radical (unpaired) electrons. The van der Waals surface area contributed by atoms with Crippen molar-refractivity contribution >= 4 is 64.3 Å². The summed E-state index contributed by atoms with van der Waals surface area (Å²) in [7, 11) is 0. The third-order valence-electron chi connectivity index (χ3n) is 2.64. The van der Waals surface area contributed by atoms with E-state index in [9.17, 15) is 0 Å². The van der Waals surface area contributed by atoms with Gasteiger partial charge in [-0.15, -0.1) is 11.3 Å². The lowest BCUT2D eigenvalue weighted by Gasteiger charge is -1.97. The van der Waals surface area contributed by atoms with Crippen LogP contribution in [0.1, 0.15) is 11.3 Å². The molecule has 0 saturated carbocycles. The van der Waals surface area contributed by atoms with Crippen LogP contribution in [0.5, 0.6) is 0 Å². The van der Waals surface area contributed by atoms with Crippen molar-refractivity contribution in [2.45, 2.75) is 12.3 Å². The Balaban J connectivity index is 2.54. The lowest BCUT2D eigenvalue weighted by molar-refractivity contribution is 0.582. The van der Waals surface area contributed by atoms with Gasteiger partial charge in [-0.2, -0.15) is 0 Å². The number of hydrogen-bond donors (Lipinski definition) is 0. The summed E-state index contributed by atoms with van der Waals surface area (Å²) < 4.78 is 8.13. The van der Waals surface area contributed by atoms with Crippen LogP contribution in [0, 0.1) is 6.92 Å². The molecule has 0 spiro atoms. The molecule has 82 valence electrons. The minimum Gasteiger partial charge on any atom is -0.460 e. The fraction of sp³-hybridized carbons (Fsp3) is 0.167. The molecular weight excluding hydrogens is 352 g/mol. The molecule has 2 aromatic heterocycles. The lowest BCUT2D eigenvalue weighted by atomic mass is 10.1. The summed E-state index contributed by atoms with van der Waals surface area (Å²) in [5.74, 6) is 0.956. The summed E-state index contributed by atoms with van der Waals surface area (Å²) >= 11 is 8.87. The van der Waals surface area contributed by atoms with Crippen molar-refractivity contribution in [3.63, 3.8) is 0 Å². The van der Waals surface area contributed by atoms with Crippen LogP contribution in [0.2, 0.25) is 0 Å². The fourth-order valence-corrected chi connectivity index (χ4v) is 4.15. The van der Waals surface area contributed by atoms with Crippen molar-refractivity contribution in [2.75, 3.05) is 0 Å². The molecule has 0 aliphatic heterocycles. The summed E-state index contributed by atoms with van der Waals surface area (Å²) in [6.45, 7) is 1.98. The van der Waals surface area contributed by atoms with Gasteiger partial charge in [0.25, 0.3) is 0 Å². The molecule has 1 nitrogen and oxygen atoms in total. The molecule has 1 aromatic carbocycles. The van der Waals surface area contributed by atoms with Gasteiger partial charge in [-0.1, -0.05) is 31.9 Å². The van der Waals surface area contributed by atoms with Crippen LogP contribution in [-0.4, -0.2) is 0 Å². The second-order valence-electron chi connectivity index (χ2n) is 3.73. The van der Waals surface area contributed by atoms with Gasteiger partial charge < -0.3 is 4.42 Å². The molecule has 4 heteroatoms. The second-order valence-corrected chi connectivity index (χ2v) is 6.02. The summed E-state index contributed by atoms with van der Waals surface area (Å²) in [6.07, 6.45) is 0. The van der Waals surface area contributed by atoms with Crippen molar-refractivity contribution in [1.82, 2.24) is 0 Å². The van der Waals surface area contributed by atoms with E-state index in [0.717, 1.165) is 26.5 Å². The molecule has 3 rings (SSSR count). The molecule has 16 heavy (non-hydrogen) atoms. The summed E-state index contributed by atoms with van der Waals surface area (Å²) in [5, 5.41) is 5.50. The Morgan fingerprint density at radius 2 is 2.12 bits per heavy atom. The average molecular weight is 360 g/mol. The van der Waals surface area contributed by atoms with E-state index in [2.05, 4.69) is 49.4 Å². The van der Waals surface area contributed by atoms with E-state index in [4.69, 9.17) is 4.42 Å². The van der Waals surface area contributed by atoms with Crippen LogP contribution in [0.4, 0.5) is 0 Å². The predicted octanol–water partition coefficient (Wildman–Crippen LogP) is 5.61. The number of aryl methyl sites for hydroxylation is 1. The van der Waals surface area contributed by atoms with Gasteiger partial charge in [0.15, 0.2) is 5.58 Å². The molecule has 0 fully saturated rings. The van der Waals surface area contributed by atoms with Crippen molar-refractivity contribution in [2.24, 2.45) is 0 Å². The molecular formula is C12H8Br2OS. The number of halogens is 2. The largest absolute Gasteiger partial charge is 0.460 e. The molecule has 3 aromatic rings. The molecule has 0 amide bonds. The van der Waals surface area contributed by atoms with Crippen LogP contribution in [0.25, 0.3) is 21.1 Å². The quantitative estimate of drug-likeness (QED) is 0.514. The van der Waals surface area contributed by atoms with Crippen LogP contribution in [0.15, 0.2) is 26.4 Å². The van der Waals surface area contributed by atoms with E-state index < -0.39 is 0 Å². The Morgan fingerprint density at radius 3 is 2.88 bits per heavy atom. The number of fused-ring (bicyclic) bond motifs is 3. The van der Waals surface area contributed by atoms with E-state index in [-0.39, 0.29) is 0 Å². The van der Waals surface area contributed by atoms with Crippen molar-refractivity contribution in [3.05, 3.63) is 33.3 Å². The highest BCUT2D eigenvalue weighted by Gasteiger charge is 2.13. The van der Waals surface area contributed by atoms with Crippen LogP contribution < -0.4 is 0 Å². The maximum Gasteiger partial charge on any atom is 0.153 e. The second kappa shape index (κ2) is 3.86. The number of thiophene rings is 1. The number of alkyl halides is 1. The normalized spacial score (nSPS) is 11.7. The van der Waals surface area contributed by atoms with Crippen LogP contribution in [-0.2, 0) is 5.33 Å². The maximum absolute atomic E-state index is 5.78. The molecule has 0 atom stereocenters. The van der Waals surface area contributed by atoms with Gasteiger partial charge in [0.05, 0.1) is 4.70 Å². The molecule has 2 heterocycles. The highest BCUT2D eigenvalue weighted by Crippen LogP contribution is 2.39. The zero-order valence-electron chi connectivity index (χ0n) is 8.51. The predicted molar refractivity (Wildman–Crippen MR) is 76.7 cm³/mol. The van der Waals surface area contributed by atoms with Crippen molar-refractivity contribution in [3.8, 4) is 0 Å². The van der Waals surface area contributed by atoms with Crippen molar-refractivity contribution < 1.29 is 4.42 Å². The molecule has 0 N–H and O–H groups in total. The summed E-state index contributed by atoms with van der Waals surface area (Å²) in [4.78, 5) is 0. The molecule has 0 saturated heterocycles. The smallest absolute Gasteiger partial charge is 0.153 e. The maximum atomic E-state index is 5.78. The SMILES string of the molecule is Cc1cc2c(Br)cc3c(CBr)csc3c2o1.